The van der Waals surface area contributed by atoms with Gasteiger partial charge in [-0.3, -0.25) is 0 Å². The molecule has 0 saturated carbocycles. The molecule has 0 heterocycles. The number of aliphatic carboxylic acids is 2. The highest BCUT2D eigenvalue weighted by Gasteiger charge is 1.92. The fourth-order valence-corrected chi connectivity index (χ4v) is 1.25. The van der Waals surface area contributed by atoms with Gasteiger partial charge in [0.15, 0.2) is 0 Å². The van der Waals surface area contributed by atoms with Gasteiger partial charge < -0.3 is 19.8 Å². The number of rotatable bonds is 9. The molecule has 0 aromatic rings. The highest BCUT2D eigenvalue weighted by molar-refractivity contribution is 5.64. The third-order valence-electron chi connectivity index (χ3n) is 2.01. The van der Waals surface area contributed by atoms with Crippen LogP contribution in [-0.2, 0) is 9.59 Å². The van der Waals surface area contributed by atoms with Crippen LogP contribution < -0.4 is 10.2 Å². The van der Waals surface area contributed by atoms with Crippen LogP contribution in [0.15, 0.2) is 26.3 Å². The highest BCUT2D eigenvalue weighted by Crippen LogP contribution is 2.07. The molecule has 0 bridgehead atoms. The van der Waals surface area contributed by atoms with E-state index >= 15 is 0 Å². The van der Waals surface area contributed by atoms with E-state index in [2.05, 4.69) is 26.3 Å². The van der Waals surface area contributed by atoms with Crippen LogP contribution in [0.4, 0.5) is 0 Å². The summed E-state index contributed by atoms with van der Waals surface area (Å²) in [6.45, 7) is 12.0. The van der Waals surface area contributed by atoms with E-state index in [-0.39, 0.29) is 12.8 Å². The summed E-state index contributed by atoms with van der Waals surface area (Å²) >= 11 is 0. The lowest BCUT2D eigenvalue weighted by Crippen LogP contribution is -2.21. The van der Waals surface area contributed by atoms with Crippen molar-refractivity contribution in [1.29, 1.82) is 0 Å². The lowest BCUT2D eigenvalue weighted by Gasteiger charge is -2.03. The molecule has 4 nitrogen and oxygen atoms in total. The monoisotopic (exact) mass is 256 g/mol. The zero-order chi connectivity index (χ0) is 14.8. The van der Waals surface area contributed by atoms with E-state index in [0.29, 0.717) is 12.8 Å². The third-order valence-corrected chi connectivity index (χ3v) is 2.01. The molecule has 0 aliphatic heterocycles. The van der Waals surface area contributed by atoms with Crippen LogP contribution in [0.3, 0.4) is 0 Å². The first-order valence-electron chi connectivity index (χ1n) is 6.02. The molecule has 106 valence electrons. The molecule has 0 aromatic heterocycles. The summed E-state index contributed by atoms with van der Waals surface area (Å²) in [5, 5.41) is 20.1. The lowest BCUT2D eigenvalue weighted by atomic mass is 10.1. The second kappa shape index (κ2) is 20.8. The van der Waals surface area contributed by atoms with Crippen LogP contribution >= 0.6 is 0 Å². The minimum atomic E-state index is -0.998. The van der Waals surface area contributed by atoms with Gasteiger partial charge in [-0.25, -0.2) is 0 Å². The number of unbranched alkanes of at least 4 members (excludes halogenated alkanes) is 5. The maximum absolute atomic E-state index is 10.0. The Morgan fingerprint density at radius 1 is 0.611 bits per heavy atom. The Morgan fingerprint density at radius 3 is 1.06 bits per heavy atom. The quantitative estimate of drug-likeness (QED) is 0.459. The molecule has 0 spiro atoms. The Morgan fingerprint density at radius 2 is 0.833 bits per heavy atom. The summed E-state index contributed by atoms with van der Waals surface area (Å²) < 4.78 is 0. The number of carbonyl (C=O) groups is 2. The second-order valence-corrected chi connectivity index (χ2v) is 3.37. The smallest absolute Gasteiger partial charge is 0.0414 e. The molecule has 0 radical (unpaired) electrons. The standard InChI is InChI=1S/C10H18O4.2C2H4/c11-9(12)7-5-3-1-2-4-6-8-10(13)14;2*1-2/h1-8H2,(H,11,12)(H,13,14);2*1-2H2/p-2. The van der Waals surface area contributed by atoms with Crippen LogP contribution in [0.2, 0.25) is 0 Å². The SMILES string of the molecule is C=C.C=C.O=C([O-])CCCCCCCCC(=O)[O-]. The molecule has 0 aromatic carbocycles. The maximum Gasteiger partial charge on any atom is 0.0414 e. The fraction of sp³-hybridized carbons (Fsp3) is 0.571. The van der Waals surface area contributed by atoms with Crippen molar-refractivity contribution in [3.63, 3.8) is 0 Å². The molecule has 0 unspecified atom stereocenters. The summed E-state index contributed by atoms with van der Waals surface area (Å²) in [4.78, 5) is 20.1. The summed E-state index contributed by atoms with van der Waals surface area (Å²) in [5.74, 6) is -2.00. The zero-order valence-electron chi connectivity index (χ0n) is 11.1. The van der Waals surface area contributed by atoms with E-state index in [1.165, 1.54) is 0 Å². The van der Waals surface area contributed by atoms with Crippen molar-refractivity contribution in [3.8, 4) is 0 Å². The van der Waals surface area contributed by atoms with Gasteiger partial charge in [-0.15, -0.1) is 26.3 Å². The van der Waals surface area contributed by atoms with Gasteiger partial charge in [0.2, 0.25) is 0 Å². The molecule has 0 atom stereocenters. The molecule has 18 heavy (non-hydrogen) atoms. The van der Waals surface area contributed by atoms with Crippen molar-refractivity contribution >= 4 is 11.9 Å². The van der Waals surface area contributed by atoms with E-state index in [1.54, 1.807) is 0 Å². The van der Waals surface area contributed by atoms with E-state index in [0.717, 1.165) is 25.7 Å². The van der Waals surface area contributed by atoms with Gasteiger partial charge >= 0.3 is 0 Å². The first-order chi connectivity index (χ1) is 8.63. The normalized spacial score (nSPS) is 8.22. The van der Waals surface area contributed by atoms with E-state index in [4.69, 9.17) is 0 Å². The van der Waals surface area contributed by atoms with Crippen LogP contribution in [0.5, 0.6) is 0 Å². The number of hydrogen-bond donors (Lipinski definition) is 0. The number of carboxylic acids is 2. The Balaban J connectivity index is -0.000000506. The van der Waals surface area contributed by atoms with Crippen molar-refractivity contribution in [1.82, 2.24) is 0 Å². The van der Waals surface area contributed by atoms with Crippen molar-refractivity contribution < 1.29 is 19.8 Å². The number of hydrogen-bond acceptors (Lipinski definition) is 4. The highest BCUT2D eigenvalue weighted by atomic mass is 16.4. The Labute approximate surface area is 110 Å². The molecular formula is C14H24O4-2. The Bertz CT molecular complexity index is 180. The van der Waals surface area contributed by atoms with Gasteiger partial charge in [0.1, 0.15) is 0 Å². The summed E-state index contributed by atoms with van der Waals surface area (Å²) in [6.07, 6.45) is 5.23. The lowest BCUT2D eigenvalue weighted by molar-refractivity contribution is -0.307. The van der Waals surface area contributed by atoms with Gasteiger partial charge in [-0.1, -0.05) is 25.7 Å². The first kappa shape index (κ1) is 21.7. The molecule has 0 fully saturated rings. The molecule has 0 aliphatic rings. The van der Waals surface area contributed by atoms with Crippen molar-refractivity contribution in [3.05, 3.63) is 26.3 Å². The van der Waals surface area contributed by atoms with Crippen LogP contribution in [0.1, 0.15) is 51.4 Å². The van der Waals surface area contributed by atoms with Gasteiger partial charge in [-0.05, 0) is 25.7 Å². The maximum atomic E-state index is 10.0. The summed E-state index contributed by atoms with van der Waals surface area (Å²) in [6, 6.07) is 0. The van der Waals surface area contributed by atoms with Crippen molar-refractivity contribution in [2.45, 2.75) is 51.4 Å². The minimum Gasteiger partial charge on any atom is -0.550 e. The average molecular weight is 256 g/mol. The van der Waals surface area contributed by atoms with Gasteiger partial charge in [0, 0.05) is 11.9 Å². The van der Waals surface area contributed by atoms with Gasteiger partial charge in [0.05, 0.1) is 0 Å². The molecule has 0 rings (SSSR count). The summed E-state index contributed by atoms with van der Waals surface area (Å²) in [5.41, 5.74) is 0. The third kappa shape index (κ3) is 29.3. The fourth-order valence-electron chi connectivity index (χ4n) is 1.25. The molecule has 4 heteroatoms. The van der Waals surface area contributed by atoms with Gasteiger partial charge in [0.25, 0.3) is 0 Å². The van der Waals surface area contributed by atoms with Crippen LogP contribution in [0.25, 0.3) is 0 Å². The Hall–Kier alpha value is -1.58. The number of carboxylic acid groups (broad SMARTS) is 2. The largest absolute Gasteiger partial charge is 0.550 e. The van der Waals surface area contributed by atoms with Crippen LogP contribution in [0, 0.1) is 0 Å². The average Bonchev–Trinajstić information content (AvgIpc) is 2.37. The van der Waals surface area contributed by atoms with Crippen LogP contribution in [-0.4, -0.2) is 11.9 Å². The van der Waals surface area contributed by atoms with Crippen molar-refractivity contribution in [2.75, 3.05) is 0 Å². The summed E-state index contributed by atoms with van der Waals surface area (Å²) in [7, 11) is 0. The molecule has 0 amide bonds. The zero-order valence-corrected chi connectivity index (χ0v) is 11.1. The van der Waals surface area contributed by atoms with Crippen molar-refractivity contribution in [2.24, 2.45) is 0 Å². The molecular weight excluding hydrogens is 232 g/mol. The predicted molar refractivity (Wildman–Crippen MR) is 69.5 cm³/mol. The molecule has 0 N–H and O–H groups in total. The van der Waals surface area contributed by atoms with E-state index in [9.17, 15) is 19.8 Å². The Kier molecular flexibility index (Phi) is 25.0. The minimum absolute atomic E-state index is 0.124. The van der Waals surface area contributed by atoms with E-state index < -0.39 is 11.9 Å². The second-order valence-electron chi connectivity index (χ2n) is 3.37. The first-order valence-corrected chi connectivity index (χ1v) is 6.02. The topological polar surface area (TPSA) is 80.3 Å². The predicted octanol–water partition coefficient (Wildman–Crippen LogP) is 1.21. The van der Waals surface area contributed by atoms with Gasteiger partial charge in [-0.2, -0.15) is 0 Å². The molecule has 0 saturated heterocycles. The van der Waals surface area contributed by atoms with E-state index in [1.807, 2.05) is 0 Å². The number of carbonyl (C=O) groups excluding carboxylic acids is 2. The molecule has 0 aliphatic carbocycles.